The zero-order chi connectivity index (χ0) is 28.1. The zero-order valence-electron chi connectivity index (χ0n) is 22.7. The number of hydrogen-bond donors (Lipinski definition) is 1. The number of benzene rings is 3. The smallest absolute Gasteiger partial charge is 0.257 e. The summed E-state index contributed by atoms with van der Waals surface area (Å²) in [4.78, 5) is 16.1. The number of nitrogens with one attached hydrogen (secondary N) is 1. The molecular weight excluding hydrogens is 526 g/mol. The minimum Gasteiger partial charge on any atom is -0.457 e. The monoisotopic (exact) mass is 559 g/mol. The lowest BCUT2D eigenvalue weighted by Crippen LogP contribution is -2.38. The molecule has 4 aromatic rings. The van der Waals surface area contributed by atoms with E-state index in [-0.39, 0.29) is 10.8 Å². The first-order chi connectivity index (χ1) is 19.3. The fourth-order valence-corrected chi connectivity index (χ4v) is 5.48. The van der Waals surface area contributed by atoms with Gasteiger partial charge in [-0.2, -0.15) is 0 Å². The second-order valence-electron chi connectivity index (χ2n) is 9.83. The summed E-state index contributed by atoms with van der Waals surface area (Å²) in [6.45, 7) is 6.64. The fourth-order valence-electron chi connectivity index (χ4n) is 4.85. The van der Waals surface area contributed by atoms with Crippen LogP contribution in [0.3, 0.4) is 0 Å². The molecule has 0 spiro atoms. The summed E-state index contributed by atoms with van der Waals surface area (Å²) in [6.07, 6.45) is 3.05. The molecule has 0 aliphatic carbocycles. The third-order valence-electron chi connectivity index (χ3n) is 6.99. The topological polar surface area (TPSA) is 89.9 Å². The van der Waals surface area contributed by atoms with E-state index in [0.717, 1.165) is 61.7 Å². The number of carbonyl (C=O) groups excluding carboxylic acids is 1. The molecule has 1 amide bonds. The van der Waals surface area contributed by atoms with Crippen LogP contribution in [0.4, 0.5) is 5.69 Å². The number of aromatic nitrogens is 1. The third-order valence-corrected chi connectivity index (χ3v) is 8.12. The Kier molecular flexibility index (Phi) is 8.35. The van der Waals surface area contributed by atoms with Crippen LogP contribution in [0, 0.1) is 6.92 Å². The molecule has 8 nitrogen and oxygen atoms in total. The van der Waals surface area contributed by atoms with Gasteiger partial charge in [0.25, 0.3) is 5.91 Å². The van der Waals surface area contributed by atoms with Crippen molar-refractivity contribution in [3.05, 3.63) is 96.2 Å². The van der Waals surface area contributed by atoms with Gasteiger partial charge in [0.1, 0.15) is 11.5 Å². The SMILES string of the molecule is Cc1c(C(=O)Nc2ccc(S(C)(=O)=O)cc2)cn(CCN2CCOCC2)c1-c1ccccc1Oc1ccccc1. The van der Waals surface area contributed by atoms with E-state index in [1.165, 1.54) is 12.1 Å². The van der Waals surface area contributed by atoms with Crippen molar-refractivity contribution in [1.82, 2.24) is 9.47 Å². The van der Waals surface area contributed by atoms with Crippen molar-refractivity contribution >= 4 is 21.4 Å². The second kappa shape index (κ2) is 12.1. The van der Waals surface area contributed by atoms with Gasteiger partial charge in [-0.25, -0.2) is 8.42 Å². The van der Waals surface area contributed by atoms with E-state index in [1.807, 2.05) is 67.7 Å². The van der Waals surface area contributed by atoms with Crippen LogP contribution in [0.2, 0.25) is 0 Å². The van der Waals surface area contributed by atoms with Crippen LogP contribution in [0.15, 0.2) is 90.0 Å². The number of rotatable bonds is 9. The van der Waals surface area contributed by atoms with E-state index in [0.29, 0.717) is 23.5 Å². The highest BCUT2D eigenvalue weighted by atomic mass is 32.2. The van der Waals surface area contributed by atoms with Crippen molar-refractivity contribution in [3.8, 4) is 22.8 Å². The Hall–Kier alpha value is -3.92. The van der Waals surface area contributed by atoms with Crippen LogP contribution >= 0.6 is 0 Å². The van der Waals surface area contributed by atoms with Gasteiger partial charge in [0, 0.05) is 49.9 Å². The minimum atomic E-state index is -3.32. The lowest BCUT2D eigenvalue weighted by atomic mass is 10.0. The van der Waals surface area contributed by atoms with Crippen LogP contribution in [0.5, 0.6) is 11.5 Å². The number of amides is 1. The molecule has 1 aromatic heterocycles. The van der Waals surface area contributed by atoms with Gasteiger partial charge < -0.3 is 19.4 Å². The van der Waals surface area contributed by atoms with Gasteiger partial charge in [-0.15, -0.1) is 0 Å². The molecule has 1 aliphatic rings. The van der Waals surface area contributed by atoms with Gasteiger partial charge in [0.15, 0.2) is 9.84 Å². The molecule has 5 rings (SSSR count). The molecule has 0 saturated carbocycles. The van der Waals surface area contributed by atoms with E-state index in [1.54, 1.807) is 12.1 Å². The van der Waals surface area contributed by atoms with Gasteiger partial charge in [0.2, 0.25) is 0 Å². The quantitative estimate of drug-likeness (QED) is 0.302. The van der Waals surface area contributed by atoms with Crippen molar-refractivity contribution in [2.45, 2.75) is 18.4 Å². The number of nitrogens with zero attached hydrogens (tertiary/aromatic N) is 2. The first-order valence-electron chi connectivity index (χ1n) is 13.2. The average molecular weight is 560 g/mol. The second-order valence-corrected chi connectivity index (χ2v) is 11.8. The highest BCUT2D eigenvalue weighted by Crippen LogP contribution is 2.37. The molecule has 208 valence electrons. The number of morpholine rings is 1. The molecule has 1 N–H and O–H groups in total. The zero-order valence-corrected chi connectivity index (χ0v) is 23.5. The Labute approximate surface area is 235 Å². The van der Waals surface area contributed by atoms with Crippen molar-refractivity contribution in [1.29, 1.82) is 0 Å². The molecule has 9 heteroatoms. The predicted molar refractivity (Wildman–Crippen MR) is 156 cm³/mol. The first-order valence-corrected chi connectivity index (χ1v) is 15.1. The maximum atomic E-state index is 13.5. The van der Waals surface area contributed by atoms with Crippen LogP contribution in [0.25, 0.3) is 11.3 Å². The number of hydrogen-bond acceptors (Lipinski definition) is 6. The molecule has 0 atom stereocenters. The molecular formula is C31H33N3O5S. The van der Waals surface area contributed by atoms with Crippen LogP contribution in [0.1, 0.15) is 15.9 Å². The summed E-state index contributed by atoms with van der Waals surface area (Å²) in [5.41, 5.74) is 3.70. The largest absolute Gasteiger partial charge is 0.457 e. The average Bonchev–Trinajstić information content (AvgIpc) is 3.29. The standard InChI is InChI=1S/C31H33N3O5S/c1-23-28(31(35)32-24-12-14-26(15-13-24)40(2,36)37)22-34(17-16-33-18-20-38-21-19-33)30(23)27-10-6-7-11-29(27)39-25-8-4-3-5-9-25/h3-15,22H,16-21H2,1-2H3,(H,32,35). The molecule has 40 heavy (non-hydrogen) atoms. The molecule has 1 fully saturated rings. The fraction of sp³-hybridized carbons (Fsp3) is 0.258. The van der Waals surface area contributed by atoms with E-state index < -0.39 is 9.84 Å². The van der Waals surface area contributed by atoms with Crippen LogP contribution in [-0.2, 0) is 21.1 Å². The number of anilines is 1. The lowest BCUT2D eigenvalue weighted by molar-refractivity contribution is 0.0364. The molecule has 1 aliphatic heterocycles. The first kappa shape index (κ1) is 27.6. The molecule has 2 heterocycles. The number of para-hydroxylation sites is 2. The highest BCUT2D eigenvalue weighted by molar-refractivity contribution is 7.90. The van der Waals surface area contributed by atoms with Crippen molar-refractivity contribution in [2.75, 3.05) is 44.4 Å². The van der Waals surface area contributed by atoms with Crippen LogP contribution in [-0.4, -0.2) is 62.9 Å². The maximum absolute atomic E-state index is 13.5. The van der Waals surface area contributed by atoms with E-state index >= 15 is 0 Å². The number of sulfone groups is 1. The van der Waals surface area contributed by atoms with Crippen LogP contribution < -0.4 is 10.1 Å². The Morgan fingerprint density at radius 1 is 0.925 bits per heavy atom. The van der Waals surface area contributed by atoms with Gasteiger partial charge in [-0.3, -0.25) is 9.69 Å². The van der Waals surface area contributed by atoms with Gasteiger partial charge in [-0.05, 0) is 61.0 Å². The Balaban J connectivity index is 1.48. The number of ether oxygens (including phenoxy) is 2. The molecule has 1 saturated heterocycles. The maximum Gasteiger partial charge on any atom is 0.257 e. The van der Waals surface area contributed by atoms with E-state index in [9.17, 15) is 13.2 Å². The molecule has 0 radical (unpaired) electrons. The molecule has 0 unspecified atom stereocenters. The van der Waals surface area contributed by atoms with Crippen molar-refractivity contribution in [3.63, 3.8) is 0 Å². The van der Waals surface area contributed by atoms with Crippen molar-refractivity contribution < 1.29 is 22.7 Å². The Morgan fingerprint density at radius 3 is 2.30 bits per heavy atom. The minimum absolute atomic E-state index is 0.202. The summed E-state index contributed by atoms with van der Waals surface area (Å²) in [5.74, 6) is 1.16. The Morgan fingerprint density at radius 2 is 1.60 bits per heavy atom. The van der Waals surface area contributed by atoms with E-state index in [2.05, 4.69) is 14.8 Å². The third kappa shape index (κ3) is 6.44. The summed E-state index contributed by atoms with van der Waals surface area (Å²) in [6, 6.07) is 23.7. The summed E-state index contributed by atoms with van der Waals surface area (Å²) in [5, 5.41) is 2.92. The summed E-state index contributed by atoms with van der Waals surface area (Å²) in [7, 11) is -3.32. The summed E-state index contributed by atoms with van der Waals surface area (Å²) >= 11 is 0. The molecule has 3 aromatic carbocycles. The number of carbonyl (C=O) groups is 1. The van der Waals surface area contributed by atoms with Gasteiger partial charge >= 0.3 is 0 Å². The predicted octanol–water partition coefficient (Wildman–Crippen LogP) is 5.24. The summed E-state index contributed by atoms with van der Waals surface area (Å²) < 4.78 is 37.5. The normalized spacial score (nSPS) is 14.2. The highest BCUT2D eigenvalue weighted by Gasteiger charge is 2.23. The Bertz CT molecular complexity index is 1580. The lowest BCUT2D eigenvalue weighted by Gasteiger charge is -2.27. The van der Waals surface area contributed by atoms with Gasteiger partial charge in [0.05, 0.1) is 29.4 Å². The van der Waals surface area contributed by atoms with Crippen molar-refractivity contribution in [2.24, 2.45) is 0 Å². The molecule has 0 bridgehead atoms. The van der Waals surface area contributed by atoms with Gasteiger partial charge in [-0.1, -0.05) is 30.3 Å². The van der Waals surface area contributed by atoms with E-state index in [4.69, 9.17) is 9.47 Å².